The summed E-state index contributed by atoms with van der Waals surface area (Å²) in [7, 11) is 0.812. The molecule has 152 valence electrons. The molecule has 1 saturated heterocycles. The molecule has 1 fully saturated rings. The number of nitrogens with zero attached hydrogens (tertiary/aromatic N) is 2. The zero-order valence-electron chi connectivity index (χ0n) is 16.1. The minimum atomic E-state index is -0.921. The lowest BCUT2D eigenvalue weighted by molar-refractivity contribution is -0.149. The van der Waals surface area contributed by atoms with Gasteiger partial charge in [-0.3, -0.25) is 14.0 Å². The molecule has 1 aliphatic rings. The van der Waals surface area contributed by atoms with Crippen molar-refractivity contribution in [3.05, 3.63) is 35.9 Å². The number of hydrogen-bond donors (Lipinski definition) is 1. The second-order valence-electron chi connectivity index (χ2n) is 6.29. The molecule has 1 heterocycles. The number of likely N-dealkylation sites (tertiary alicyclic amines) is 1. The molecule has 0 spiro atoms. The molecule has 1 aromatic rings. The summed E-state index contributed by atoms with van der Waals surface area (Å²) in [4.78, 5) is 18.4. The Morgan fingerprint density at radius 2 is 2.11 bits per heavy atom. The molecule has 1 aliphatic heterocycles. The summed E-state index contributed by atoms with van der Waals surface area (Å²) >= 11 is 0. The molecule has 0 saturated carbocycles. The zero-order valence-corrected chi connectivity index (χ0v) is 19.2. The Morgan fingerprint density at radius 3 is 2.78 bits per heavy atom. The first-order valence-electron chi connectivity index (χ1n) is 9.15. The van der Waals surface area contributed by atoms with Crippen molar-refractivity contribution in [1.82, 2.24) is 10.2 Å². The van der Waals surface area contributed by atoms with Crippen LogP contribution in [-0.2, 0) is 26.1 Å². The predicted octanol–water partition coefficient (Wildman–Crippen LogP) is 2.40. The predicted molar refractivity (Wildman–Crippen MR) is 121 cm³/mol. The van der Waals surface area contributed by atoms with Gasteiger partial charge in [0.25, 0.3) is 0 Å². The number of carbonyl (C=O) groups excluding carboxylic acids is 1. The van der Waals surface area contributed by atoms with E-state index in [2.05, 4.69) is 15.2 Å². The van der Waals surface area contributed by atoms with Gasteiger partial charge in [-0.15, -0.1) is 24.0 Å². The first-order chi connectivity index (χ1) is 12.6. The first-order valence-corrected chi connectivity index (χ1v) is 10.6. The number of halogens is 1. The summed E-state index contributed by atoms with van der Waals surface area (Å²) in [5.74, 6) is 1.65. The van der Waals surface area contributed by atoms with E-state index in [0.717, 1.165) is 30.9 Å². The summed E-state index contributed by atoms with van der Waals surface area (Å²) < 4.78 is 17.4. The van der Waals surface area contributed by atoms with Gasteiger partial charge in [-0.25, -0.2) is 0 Å². The highest BCUT2D eigenvalue weighted by Gasteiger charge is 2.28. The molecule has 1 N–H and O–H groups in total. The Balaban J connectivity index is 0.00000364. The van der Waals surface area contributed by atoms with Gasteiger partial charge in [-0.1, -0.05) is 30.3 Å². The summed E-state index contributed by atoms with van der Waals surface area (Å²) in [5, 5.41) is 3.28. The van der Waals surface area contributed by atoms with Crippen LogP contribution in [0.4, 0.5) is 0 Å². The summed E-state index contributed by atoms with van der Waals surface area (Å²) in [6.07, 6.45) is 1.79. The van der Waals surface area contributed by atoms with Gasteiger partial charge in [0, 0.05) is 49.0 Å². The number of hydrogen-bond acceptors (Lipinski definition) is 4. The van der Waals surface area contributed by atoms with E-state index >= 15 is 0 Å². The van der Waals surface area contributed by atoms with Gasteiger partial charge in [-0.2, -0.15) is 0 Å². The Morgan fingerprint density at radius 1 is 1.37 bits per heavy atom. The number of aliphatic imine (C=N–C) groups is 1. The monoisotopic (exact) mass is 507 g/mol. The van der Waals surface area contributed by atoms with Crippen LogP contribution >= 0.6 is 24.0 Å². The van der Waals surface area contributed by atoms with Crippen LogP contribution in [0.15, 0.2) is 35.3 Å². The molecule has 2 unspecified atom stereocenters. The summed E-state index contributed by atoms with van der Waals surface area (Å²) in [5.41, 5.74) is 1.09. The van der Waals surface area contributed by atoms with Gasteiger partial charge in [0.2, 0.25) is 0 Å². The minimum Gasteiger partial charge on any atom is -0.466 e. The number of nitrogens with one attached hydrogen (secondary N) is 1. The molecule has 2 rings (SSSR count). The second kappa shape index (κ2) is 13.1. The average molecular weight is 507 g/mol. The maximum Gasteiger partial charge on any atom is 0.310 e. The Bertz CT molecular complexity index is 628. The lowest BCUT2D eigenvalue weighted by Crippen LogP contribution is -2.49. The third-order valence-corrected chi connectivity index (χ3v) is 5.65. The molecule has 0 amide bonds. The maximum atomic E-state index is 12.2. The van der Waals surface area contributed by atoms with E-state index in [4.69, 9.17) is 4.74 Å². The van der Waals surface area contributed by atoms with Crippen LogP contribution in [0, 0.1) is 5.92 Å². The van der Waals surface area contributed by atoms with Crippen molar-refractivity contribution in [3.8, 4) is 0 Å². The standard InChI is InChI=1S/C19H29N3O3S.HI/c1-3-25-18(23)17-10-7-12-22(14-17)19(20-2)21-11-13-26(24)15-16-8-5-4-6-9-16;/h4-6,8-9,17H,3,7,10-15H2,1-2H3,(H,20,21);1H. The Labute approximate surface area is 181 Å². The fourth-order valence-corrected chi connectivity index (χ4v) is 4.10. The quantitative estimate of drug-likeness (QED) is 0.266. The highest BCUT2D eigenvalue weighted by molar-refractivity contribution is 14.0. The number of benzene rings is 1. The SMILES string of the molecule is CCOC(=O)C1CCCN(C(=NC)NCCS(=O)Cc2ccccc2)C1.I. The van der Waals surface area contributed by atoms with Crippen LogP contribution in [0.25, 0.3) is 0 Å². The third-order valence-electron chi connectivity index (χ3n) is 4.34. The van der Waals surface area contributed by atoms with E-state index in [1.54, 1.807) is 7.05 Å². The average Bonchev–Trinajstić information content (AvgIpc) is 2.66. The van der Waals surface area contributed by atoms with Crippen molar-refractivity contribution >= 4 is 46.7 Å². The molecule has 6 nitrogen and oxygen atoms in total. The topological polar surface area (TPSA) is 71.0 Å². The van der Waals surface area contributed by atoms with Gasteiger partial charge >= 0.3 is 5.97 Å². The van der Waals surface area contributed by atoms with Crippen LogP contribution in [0.2, 0.25) is 0 Å². The van der Waals surface area contributed by atoms with Gasteiger partial charge in [0.05, 0.1) is 12.5 Å². The smallest absolute Gasteiger partial charge is 0.310 e. The maximum absolute atomic E-state index is 12.2. The van der Waals surface area contributed by atoms with Crippen molar-refractivity contribution in [3.63, 3.8) is 0 Å². The zero-order chi connectivity index (χ0) is 18.8. The molecule has 0 aliphatic carbocycles. The van der Waals surface area contributed by atoms with Crippen molar-refractivity contribution in [2.75, 3.05) is 39.0 Å². The number of ether oxygens (including phenoxy) is 1. The van der Waals surface area contributed by atoms with Crippen LogP contribution < -0.4 is 5.32 Å². The molecular weight excluding hydrogens is 477 g/mol. The van der Waals surface area contributed by atoms with E-state index in [-0.39, 0.29) is 35.9 Å². The summed E-state index contributed by atoms with van der Waals surface area (Å²) in [6, 6.07) is 9.87. The molecule has 0 aromatic heterocycles. The fraction of sp³-hybridized carbons (Fsp3) is 0.579. The number of esters is 1. The van der Waals surface area contributed by atoms with Crippen LogP contribution in [0.3, 0.4) is 0 Å². The normalized spacial score (nSPS) is 18.4. The minimum absolute atomic E-state index is 0. The van der Waals surface area contributed by atoms with E-state index in [9.17, 15) is 9.00 Å². The van der Waals surface area contributed by atoms with E-state index in [0.29, 0.717) is 31.2 Å². The van der Waals surface area contributed by atoms with Gasteiger partial charge in [0.1, 0.15) is 0 Å². The van der Waals surface area contributed by atoms with Crippen LogP contribution in [0.5, 0.6) is 0 Å². The number of guanidine groups is 1. The third kappa shape index (κ3) is 8.16. The summed E-state index contributed by atoms with van der Waals surface area (Å²) in [6.45, 7) is 4.31. The largest absolute Gasteiger partial charge is 0.466 e. The lowest BCUT2D eigenvalue weighted by Gasteiger charge is -2.33. The highest BCUT2D eigenvalue weighted by Crippen LogP contribution is 2.18. The van der Waals surface area contributed by atoms with E-state index in [1.165, 1.54) is 0 Å². The number of rotatable bonds is 7. The Hall–Kier alpha value is -1.16. The second-order valence-corrected chi connectivity index (χ2v) is 7.86. The van der Waals surface area contributed by atoms with Gasteiger partial charge < -0.3 is 15.0 Å². The molecule has 0 bridgehead atoms. The van der Waals surface area contributed by atoms with E-state index < -0.39 is 10.8 Å². The highest BCUT2D eigenvalue weighted by atomic mass is 127. The van der Waals surface area contributed by atoms with Gasteiger partial charge in [-0.05, 0) is 25.3 Å². The van der Waals surface area contributed by atoms with Crippen molar-refractivity contribution < 1.29 is 13.7 Å². The Kier molecular flexibility index (Phi) is 11.6. The van der Waals surface area contributed by atoms with E-state index in [1.807, 2.05) is 37.3 Å². The number of piperidine rings is 1. The van der Waals surface area contributed by atoms with Crippen molar-refractivity contribution in [1.29, 1.82) is 0 Å². The molecule has 1 aromatic carbocycles. The lowest BCUT2D eigenvalue weighted by atomic mass is 9.98. The van der Waals surface area contributed by atoms with Crippen LogP contribution in [0.1, 0.15) is 25.3 Å². The number of carbonyl (C=O) groups is 1. The molecular formula is C19H30IN3O3S. The molecule has 8 heteroatoms. The van der Waals surface area contributed by atoms with Gasteiger partial charge in [0.15, 0.2) is 5.96 Å². The molecule has 0 radical (unpaired) electrons. The van der Waals surface area contributed by atoms with Crippen molar-refractivity contribution in [2.45, 2.75) is 25.5 Å². The van der Waals surface area contributed by atoms with Crippen molar-refractivity contribution in [2.24, 2.45) is 10.9 Å². The fourth-order valence-electron chi connectivity index (χ4n) is 3.06. The molecule has 2 atom stereocenters. The first kappa shape index (κ1) is 23.9. The molecule has 27 heavy (non-hydrogen) atoms. The van der Waals surface area contributed by atoms with Crippen LogP contribution in [-0.4, -0.2) is 60.1 Å².